The summed E-state index contributed by atoms with van der Waals surface area (Å²) in [5.74, 6) is 1.75. The molecule has 0 aliphatic carbocycles. The summed E-state index contributed by atoms with van der Waals surface area (Å²) in [5, 5.41) is 15.1. The number of aromatic nitrogens is 2. The minimum atomic E-state index is 0.783. The van der Waals surface area contributed by atoms with E-state index in [0.717, 1.165) is 87.1 Å². The first-order chi connectivity index (χ1) is 18.2. The molecule has 2 aliphatic heterocycles. The molecule has 7 nitrogen and oxygen atoms in total. The maximum Gasteiger partial charge on any atom is 0.161 e. The molecule has 0 amide bonds. The number of ether oxygens (including phenoxy) is 1. The van der Waals surface area contributed by atoms with Crippen LogP contribution >= 0.6 is 15.9 Å². The lowest BCUT2D eigenvalue weighted by molar-refractivity contribution is 0.122. The number of benzene rings is 3. The van der Waals surface area contributed by atoms with E-state index in [4.69, 9.17) is 9.84 Å². The molecule has 0 bridgehead atoms. The van der Waals surface area contributed by atoms with E-state index in [1.54, 1.807) is 0 Å². The summed E-state index contributed by atoms with van der Waals surface area (Å²) in [4.78, 5) is 7.23. The van der Waals surface area contributed by atoms with Gasteiger partial charge < -0.3 is 19.9 Å². The molecule has 2 aliphatic rings. The Labute approximate surface area is 226 Å². The summed E-state index contributed by atoms with van der Waals surface area (Å²) < 4.78 is 6.65. The third-order valence-electron chi connectivity index (χ3n) is 7.20. The lowest BCUT2D eigenvalue weighted by Crippen LogP contribution is -2.46. The van der Waals surface area contributed by atoms with Crippen molar-refractivity contribution in [3.63, 3.8) is 0 Å². The summed E-state index contributed by atoms with van der Waals surface area (Å²) >= 11 is 3.68. The van der Waals surface area contributed by atoms with Gasteiger partial charge in [-0.3, -0.25) is 4.90 Å². The van der Waals surface area contributed by atoms with Gasteiger partial charge in [-0.1, -0.05) is 58.4 Å². The van der Waals surface area contributed by atoms with Crippen LogP contribution < -0.4 is 15.1 Å². The highest BCUT2D eigenvalue weighted by Crippen LogP contribution is 2.31. The van der Waals surface area contributed by atoms with E-state index in [9.17, 15) is 0 Å². The van der Waals surface area contributed by atoms with Gasteiger partial charge in [0.2, 0.25) is 0 Å². The Morgan fingerprint density at radius 2 is 1.43 bits per heavy atom. The number of anilines is 4. The Hall–Kier alpha value is -3.20. The van der Waals surface area contributed by atoms with E-state index in [2.05, 4.69) is 114 Å². The number of fused-ring (bicyclic) bond motifs is 1. The van der Waals surface area contributed by atoms with Gasteiger partial charge in [0, 0.05) is 72.4 Å². The van der Waals surface area contributed by atoms with Crippen molar-refractivity contribution < 1.29 is 4.74 Å². The second kappa shape index (κ2) is 11.0. The number of nitrogens with one attached hydrogen (secondary N) is 1. The largest absolute Gasteiger partial charge is 0.378 e. The van der Waals surface area contributed by atoms with Crippen molar-refractivity contribution in [3.05, 3.63) is 82.8 Å². The normalized spacial score (nSPS) is 16.8. The molecule has 37 heavy (non-hydrogen) atoms. The first-order valence-corrected chi connectivity index (χ1v) is 13.7. The van der Waals surface area contributed by atoms with Crippen LogP contribution in [0.4, 0.5) is 23.0 Å². The van der Waals surface area contributed by atoms with Gasteiger partial charge in [0.15, 0.2) is 11.6 Å². The SMILES string of the molecule is Brc1ccccc1CN1CCN(c2nnc(Nc3ccc(N4CCOCC4)cc3)c3ccccc23)CC1. The second-order valence-electron chi connectivity index (χ2n) is 9.54. The smallest absolute Gasteiger partial charge is 0.161 e. The fourth-order valence-electron chi connectivity index (χ4n) is 5.11. The van der Waals surface area contributed by atoms with Gasteiger partial charge in [0.25, 0.3) is 0 Å². The average Bonchev–Trinajstić information content (AvgIpc) is 2.96. The Bertz CT molecular complexity index is 1350. The van der Waals surface area contributed by atoms with Crippen molar-refractivity contribution in [3.8, 4) is 0 Å². The molecule has 0 saturated carbocycles. The molecule has 3 heterocycles. The van der Waals surface area contributed by atoms with Crippen LogP contribution in [0.2, 0.25) is 0 Å². The van der Waals surface area contributed by atoms with Crippen LogP contribution in [0.25, 0.3) is 10.8 Å². The van der Waals surface area contributed by atoms with Crippen LogP contribution in [0, 0.1) is 0 Å². The standard InChI is InChI=1S/C29H31BrN6O/c30-27-8-4-1-5-22(27)21-34-13-15-36(16-14-34)29-26-7-3-2-6-25(26)28(32-33-29)31-23-9-11-24(12-10-23)35-17-19-37-20-18-35/h1-12H,13-21H2,(H,31,32). The number of halogens is 1. The van der Waals surface area contributed by atoms with E-state index >= 15 is 0 Å². The highest BCUT2D eigenvalue weighted by atomic mass is 79.9. The number of piperazine rings is 1. The lowest BCUT2D eigenvalue weighted by atomic mass is 10.1. The number of morpholine rings is 1. The maximum absolute atomic E-state index is 5.48. The molecule has 0 spiro atoms. The van der Waals surface area contributed by atoms with Crippen LogP contribution in [-0.4, -0.2) is 67.6 Å². The number of nitrogens with zero attached hydrogens (tertiary/aromatic N) is 5. The third-order valence-corrected chi connectivity index (χ3v) is 7.97. The van der Waals surface area contributed by atoms with Crippen molar-refractivity contribution >= 4 is 49.7 Å². The predicted molar refractivity (Wildman–Crippen MR) is 154 cm³/mol. The molecule has 3 aromatic carbocycles. The Morgan fingerprint density at radius 1 is 0.730 bits per heavy atom. The van der Waals surface area contributed by atoms with Crippen molar-refractivity contribution in [2.24, 2.45) is 0 Å². The quantitative estimate of drug-likeness (QED) is 0.345. The highest BCUT2D eigenvalue weighted by Gasteiger charge is 2.22. The van der Waals surface area contributed by atoms with Crippen molar-refractivity contribution in [1.82, 2.24) is 15.1 Å². The number of hydrogen-bond acceptors (Lipinski definition) is 7. The summed E-state index contributed by atoms with van der Waals surface area (Å²) in [7, 11) is 0. The molecule has 1 aromatic heterocycles. The average molecular weight is 560 g/mol. The van der Waals surface area contributed by atoms with Crippen LogP contribution in [-0.2, 0) is 11.3 Å². The molecule has 6 rings (SSSR count). The zero-order valence-corrected chi connectivity index (χ0v) is 22.4. The molecule has 8 heteroatoms. The Kier molecular flexibility index (Phi) is 7.21. The van der Waals surface area contributed by atoms with Crippen LogP contribution in [0.5, 0.6) is 0 Å². The molecule has 1 N–H and O–H groups in total. The number of rotatable bonds is 6. The van der Waals surface area contributed by atoms with Crippen molar-refractivity contribution in [2.45, 2.75) is 6.54 Å². The van der Waals surface area contributed by atoms with Crippen molar-refractivity contribution in [2.75, 3.05) is 67.6 Å². The van der Waals surface area contributed by atoms with E-state index in [1.807, 2.05) is 0 Å². The van der Waals surface area contributed by atoms with Gasteiger partial charge >= 0.3 is 0 Å². The topological polar surface area (TPSA) is 56.8 Å². The maximum atomic E-state index is 5.48. The van der Waals surface area contributed by atoms with Gasteiger partial charge in [0.05, 0.1) is 13.2 Å². The number of hydrogen-bond donors (Lipinski definition) is 1. The van der Waals surface area contributed by atoms with Crippen LogP contribution in [0.15, 0.2) is 77.3 Å². The second-order valence-corrected chi connectivity index (χ2v) is 10.4. The Balaban J connectivity index is 1.16. The summed E-state index contributed by atoms with van der Waals surface area (Å²) in [5.41, 5.74) is 3.55. The fraction of sp³-hybridized carbons (Fsp3) is 0.310. The van der Waals surface area contributed by atoms with Gasteiger partial charge in [-0.25, -0.2) is 0 Å². The van der Waals surface area contributed by atoms with Gasteiger partial charge in [-0.15, -0.1) is 10.2 Å². The Morgan fingerprint density at radius 3 is 2.19 bits per heavy atom. The molecule has 0 radical (unpaired) electrons. The minimum Gasteiger partial charge on any atom is -0.378 e. The lowest BCUT2D eigenvalue weighted by Gasteiger charge is -2.35. The molecule has 2 fully saturated rings. The van der Waals surface area contributed by atoms with Gasteiger partial charge in [0.1, 0.15) is 0 Å². The monoisotopic (exact) mass is 558 g/mol. The van der Waals surface area contributed by atoms with Gasteiger partial charge in [-0.05, 0) is 35.9 Å². The summed E-state index contributed by atoms with van der Waals surface area (Å²) in [6.45, 7) is 8.23. The molecule has 0 unspecified atom stereocenters. The summed E-state index contributed by atoms with van der Waals surface area (Å²) in [6.07, 6.45) is 0. The zero-order valence-electron chi connectivity index (χ0n) is 20.8. The first-order valence-electron chi connectivity index (χ1n) is 12.9. The van der Waals surface area contributed by atoms with E-state index in [1.165, 1.54) is 15.7 Å². The summed E-state index contributed by atoms with van der Waals surface area (Å²) in [6, 6.07) is 25.4. The molecular weight excluding hydrogens is 528 g/mol. The van der Waals surface area contributed by atoms with Crippen LogP contribution in [0.3, 0.4) is 0 Å². The molecule has 2 saturated heterocycles. The molecular formula is C29H31BrN6O. The molecule has 0 atom stereocenters. The fourth-order valence-corrected chi connectivity index (χ4v) is 5.52. The zero-order chi connectivity index (χ0) is 25.0. The highest BCUT2D eigenvalue weighted by molar-refractivity contribution is 9.10. The van der Waals surface area contributed by atoms with E-state index in [0.29, 0.717) is 0 Å². The molecule has 190 valence electrons. The van der Waals surface area contributed by atoms with Gasteiger partial charge in [-0.2, -0.15) is 0 Å². The van der Waals surface area contributed by atoms with Crippen LogP contribution in [0.1, 0.15) is 5.56 Å². The predicted octanol–water partition coefficient (Wildman–Crippen LogP) is 5.29. The van der Waals surface area contributed by atoms with E-state index in [-0.39, 0.29) is 0 Å². The first kappa shape index (κ1) is 24.2. The third kappa shape index (κ3) is 5.42. The minimum absolute atomic E-state index is 0.783. The van der Waals surface area contributed by atoms with E-state index < -0.39 is 0 Å². The van der Waals surface area contributed by atoms with Crippen molar-refractivity contribution in [1.29, 1.82) is 0 Å². The molecule has 4 aromatic rings.